The molecule has 154 valence electrons. The van der Waals surface area contributed by atoms with Crippen molar-refractivity contribution in [1.82, 2.24) is 0 Å². The van der Waals surface area contributed by atoms with Crippen molar-refractivity contribution < 1.29 is 46.1 Å². The monoisotopic (exact) mass is 425 g/mol. The van der Waals surface area contributed by atoms with E-state index in [4.69, 9.17) is 35.4 Å². The number of hydrogen-bond acceptors (Lipinski definition) is 10. The minimum Gasteiger partial charge on any atom is -0.756 e. The van der Waals surface area contributed by atoms with Gasteiger partial charge in [-0.2, -0.15) is 0 Å². The number of hydrogen-bond donors (Lipinski definition) is 0. The first-order chi connectivity index (χ1) is 12.7. The summed E-state index contributed by atoms with van der Waals surface area (Å²) in [5.41, 5.74) is 0. The first kappa shape index (κ1) is 24.7. The Hall–Kier alpha value is -0.315. The molecule has 1 fully saturated rings. The molecule has 10 nitrogen and oxygen atoms in total. The van der Waals surface area contributed by atoms with Crippen LogP contribution < -0.4 is 4.89 Å². The van der Waals surface area contributed by atoms with Crippen LogP contribution in [0, 0.1) is 0 Å². The van der Waals surface area contributed by atoms with Crippen LogP contribution in [0.1, 0.15) is 6.92 Å². The molecule has 0 aromatic heterocycles. The van der Waals surface area contributed by atoms with Crippen molar-refractivity contribution in [1.29, 1.82) is 0 Å². The molecule has 0 spiro atoms. The molecule has 0 aromatic rings. The van der Waals surface area contributed by atoms with Crippen molar-refractivity contribution in [3.05, 3.63) is 24.3 Å². The van der Waals surface area contributed by atoms with Gasteiger partial charge >= 0.3 is 7.82 Å². The highest BCUT2D eigenvalue weighted by Crippen LogP contribution is 2.51. The van der Waals surface area contributed by atoms with Gasteiger partial charge < -0.3 is 23.4 Å². The summed E-state index contributed by atoms with van der Waals surface area (Å²) in [6.07, 6.45) is 4.12. The Bertz CT molecular complexity index is 590. The fourth-order valence-electron chi connectivity index (χ4n) is 2.15. The van der Waals surface area contributed by atoms with E-state index in [-0.39, 0.29) is 6.61 Å². The molecule has 0 aliphatic carbocycles. The van der Waals surface area contributed by atoms with Crippen molar-refractivity contribution >= 4 is 23.5 Å². The van der Waals surface area contributed by atoms with Crippen LogP contribution in [0.2, 0.25) is 0 Å². The minimum absolute atomic E-state index is 0.155. The molecular weight excluding hydrogens is 401 g/mol. The predicted molar refractivity (Wildman–Crippen MR) is 95.2 cm³/mol. The summed E-state index contributed by atoms with van der Waals surface area (Å²) in [6.45, 7) is 1.53. The fourth-order valence-corrected chi connectivity index (χ4v) is 3.46. The zero-order valence-electron chi connectivity index (χ0n) is 15.6. The fraction of sp³-hybridized carbons (Fsp3) is 0.714. The predicted octanol–water partition coefficient (Wildman–Crippen LogP) is 1.31. The Kier molecular flexibility index (Phi) is 10.6. The van der Waals surface area contributed by atoms with Gasteiger partial charge in [-0.15, -0.1) is 0 Å². The lowest BCUT2D eigenvalue weighted by Crippen LogP contribution is -2.39. The highest BCUT2D eigenvalue weighted by Gasteiger charge is 2.48. The van der Waals surface area contributed by atoms with Gasteiger partial charge in [0, 0.05) is 27.3 Å². The third-order valence-electron chi connectivity index (χ3n) is 3.49. The summed E-state index contributed by atoms with van der Waals surface area (Å²) >= 11 is 0. The third-order valence-corrected chi connectivity index (χ3v) is 5.80. The minimum atomic E-state index is -4.51. The number of phosphoric acid groups is 2. The quantitative estimate of drug-likeness (QED) is 0.257. The maximum atomic E-state index is 12.4. The van der Waals surface area contributed by atoms with E-state index in [0.29, 0.717) is 0 Å². The molecule has 1 aliphatic heterocycles. The summed E-state index contributed by atoms with van der Waals surface area (Å²) in [4.78, 5) is 11.4. The van der Waals surface area contributed by atoms with Crippen molar-refractivity contribution in [3.63, 3.8) is 0 Å². The van der Waals surface area contributed by atoms with E-state index in [2.05, 4.69) is 4.52 Å². The van der Waals surface area contributed by atoms with Gasteiger partial charge in [0.15, 0.2) is 0 Å². The molecule has 5 atom stereocenters. The molecule has 0 saturated carbocycles. The van der Waals surface area contributed by atoms with E-state index < -0.39 is 46.6 Å². The Labute approximate surface area is 160 Å². The Morgan fingerprint density at radius 2 is 1.78 bits per heavy atom. The van der Waals surface area contributed by atoms with Crippen molar-refractivity contribution in [2.24, 2.45) is 0 Å². The molecular formula is C14H24BO10P2-. The Morgan fingerprint density at radius 1 is 1.11 bits per heavy atom. The van der Waals surface area contributed by atoms with Crippen LogP contribution in [0.25, 0.3) is 0 Å². The maximum absolute atomic E-state index is 12.4. The number of phosphoric ester groups is 2. The molecule has 0 aromatic carbocycles. The highest BCUT2D eigenvalue weighted by molar-refractivity contribution is 7.48. The molecule has 1 rings (SSSR count). The van der Waals surface area contributed by atoms with Gasteiger partial charge in [-0.1, -0.05) is 24.3 Å². The number of allylic oxidation sites excluding steroid dienone is 3. The second-order valence-electron chi connectivity index (χ2n) is 5.20. The van der Waals surface area contributed by atoms with E-state index in [1.54, 1.807) is 18.2 Å². The van der Waals surface area contributed by atoms with E-state index in [1.807, 2.05) is 13.0 Å². The number of rotatable bonds is 12. The standard InChI is InChI=1S/C14H25BO10P2/c1-5-6-7-8-9-22-13-12(25-27(18,20-3)21-4)11(24-14(13)15)10-23-26(16,17)19-2/h5-8,11-14H,9-10H2,1-4H3,(H,16,17)/p-1/b6-5+,8-7+/t11-,12+,13?,14-/m1/s1. The molecule has 1 aliphatic rings. The zero-order chi connectivity index (χ0) is 20.5. The van der Waals surface area contributed by atoms with Crippen molar-refractivity contribution in [2.45, 2.75) is 31.2 Å². The summed E-state index contributed by atoms with van der Waals surface area (Å²) in [6, 6.07) is -0.991. The molecule has 2 unspecified atom stereocenters. The SMILES string of the molecule is [B][C@@H]1O[C@H](COP(=O)([O-])OC)[C@H](OP(=O)(OC)OC)C1OC/C=C/C=C/C. The highest BCUT2D eigenvalue weighted by atomic mass is 31.2. The van der Waals surface area contributed by atoms with E-state index in [0.717, 1.165) is 21.3 Å². The molecule has 0 N–H and O–H groups in total. The van der Waals surface area contributed by atoms with Gasteiger partial charge in [-0.3, -0.25) is 18.1 Å². The maximum Gasteiger partial charge on any atom is 0.474 e. The van der Waals surface area contributed by atoms with Gasteiger partial charge in [-0.05, 0) is 6.92 Å². The Balaban J connectivity index is 2.91. The largest absolute Gasteiger partial charge is 0.756 e. The topological polar surface area (TPSA) is 122 Å². The summed E-state index contributed by atoms with van der Waals surface area (Å²) in [7, 11) is 0.692. The van der Waals surface area contributed by atoms with Gasteiger partial charge in [0.25, 0.3) is 7.82 Å². The van der Waals surface area contributed by atoms with Crippen LogP contribution in [-0.4, -0.2) is 66.7 Å². The van der Waals surface area contributed by atoms with E-state index in [1.165, 1.54) is 0 Å². The lowest BCUT2D eigenvalue weighted by molar-refractivity contribution is -0.225. The van der Waals surface area contributed by atoms with Crippen LogP contribution >= 0.6 is 15.6 Å². The molecule has 2 radical (unpaired) electrons. The van der Waals surface area contributed by atoms with E-state index >= 15 is 0 Å². The third kappa shape index (κ3) is 7.91. The van der Waals surface area contributed by atoms with Crippen LogP contribution in [0.5, 0.6) is 0 Å². The summed E-state index contributed by atoms with van der Waals surface area (Å²) < 4.78 is 58.7. The average molecular weight is 425 g/mol. The average Bonchev–Trinajstić information content (AvgIpc) is 2.94. The van der Waals surface area contributed by atoms with Gasteiger partial charge in [0.05, 0.1) is 13.2 Å². The lowest BCUT2D eigenvalue weighted by Gasteiger charge is -2.28. The van der Waals surface area contributed by atoms with Crippen LogP contribution in [-0.2, 0) is 41.2 Å². The Morgan fingerprint density at radius 3 is 2.33 bits per heavy atom. The van der Waals surface area contributed by atoms with Gasteiger partial charge in [-0.25, -0.2) is 4.57 Å². The van der Waals surface area contributed by atoms with Crippen LogP contribution in [0.4, 0.5) is 0 Å². The van der Waals surface area contributed by atoms with Gasteiger partial charge in [0.1, 0.15) is 26.2 Å². The molecule has 0 amide bonds. The molecule has 27 heavy (non-hydrogen) atoms. The normalized spacial score (nSPS) is 28.9. The molecule has 1 heterocycles. The smallest absolute Gasteiger partial charge is 0.474 e. The van der Waals surface area contributed by atoms with Gasteiger partial charge in [0.2, 0.25) is 0 Å². The lowest BCUT2D eigenvalue weighted by atomic mass is 9.93. The molecule has 0 bridgehead atoms. The first-order valence-corrected chi connectivity index (χ1v) is 10.9. The summed E-state index contributed by atoms with van der Waals surface area (Å²) in [5, 5.41) is 0. The molecule has 1 saturated heterocycles. The van der Waals surface area contributed by atoms with E-state index in [9.17, 15) is 14.0 Å². The van der Waals surface area contributed by atoms with Crippen molar-refractivity contribution in [2.75, 3.05) is 34.5 Å². The zero-order valence-corrected chi connectivity index (χ0v) is 17.4. The number of ether oxygens (including phenoxy) is 2. The second kappa shape index (κ2) is 11.6. The second-order valence-corrected chi connectivity index (χ2v) is 8.55. The summed E-state index contributed by atoms with van der Waals surface area (Å²) in [5.74, 6) is 0. The molecule has 13 heteroatoms. The van der Waals surface area contributed by atoms with Crippen molar-refractivity contribution in [3.8, 4) is 0 Å². The van der Waals surface area contributed by atoms with Crippen LogP contribution in [0.3, 0.4) is 0 Å². The first-order valence-electron chi connectivity index (χ1n) is 7.93. The van der Waals surface area contributed by atoms with Crippen LogP contribution in [0.15, 0.2) is 24.3 Å².